The molecule has 0 atom stereocenters. The number of esters is 1. The number of para-hydroxylation sites is 1. The van der Waals surface area contributed by atoms with Crippen molar-refractivity contribution >= 4 is 17.6 Å². The first-order valence-corrected chi connectivity index (χ1v) is 6.51. The van der Waals surface area contributed by atoms with Gasteiger partial charge in [0, 0.05) is 6.07 Å². The average Bonchev–Trinajstić information content (AvgIpc) is 2.96. The summed E-state index contributed by atoms with van der Waals surface area (Å²) in [7, 11) is 1.30. The first-order chi connectivity index (χ1) is 10.2. The summed E-state index contributed by atoms with van der Waals surface area (Å²) >= 11 is 6.05. The molecule has 0 fully saturated rings. The molecule has 2 aromatic rings. The van der Waals surface area contributed by atoms with Crippen LogP contribution < -0.4 is 14.2 Å². The molecule has 6 heteroatoms. The Labute approximate surface area is 125 Å². The van der Waals surface area contributed by atoms with E-state index in [0.29, 0.717) is 23.0 Å². The Balaban J connectivity index is 1.88. The minimum atomic E-state index is -0.496. The molecule has 1 aliphatic heterocycles. The molecule has 3 rings (SSSR count). The van der Waals surface area contributed by atoms with E-state index < -0.39 is 5.97 Å². The number of fused-ring (bicyclic) bond motifs is 1. The van der Waals surface area contributed by atoms with Crippen molar-refractivity contribution < 1.29 is 23.7 Å². The molecule has 0 radical (unpaired) electrons. The zero-order valence-corrected chi connectivity index (χ0v) is 11.8. The topological polar surface area (TPSA) is 54.0 Å². The van der Waals surface area contributed by atoms with Gasteiger partial charge in [-0.05, 0) is 24.3 Å². The van der Waals surface area contributed by atoms with E-state index in [2.05, 4.69) is 4.74 Å². The Hall–Kier alpha value is -2.40. The highest BCUT2D eigenvalue weighted by atomic mass is 35.5. The number of halogens is 1. The van der Waals surface area contributed by atoms with Crippen molar-refractivity contribution in [3.8, 4) is 23.0 Å². The van der Waals surface area contributed by atoms with Gasteiger partial charge in [-0.15, -0.1) is 0 Å². The van der Waals surface area contributed by atoms with Crippen LogP contribution in [-0.2, 0) is 4.74 Å². The molecule has 0 spiro atoms. The quantitative estimate of drug-likeness (QED) is 0.810. The highest BCUT2D eigenvalue weighted by Crippen LogP contribution is 2.42. The number of ether oxygens (including phenoxy) is 4. The molecule has 0 aliphatic carbocycles. The number of rotatable bonds is 3. The van der Waals surface area contributed by atoms with E-state index in [1.165, 1.54) is 7.11 Å². The zero-order valence-electron chi connectivity index (χ0n) is 11.1. The van der Waals surface area contributed by atoms with Gasteiger partial charge in [0.25, 0.3) is 0 Å². The number of carbonyl (C=O) groups is 1. The molecule has 21 heavy (non-hydrogen) atoms. The standard InChI is InChI=1S/C15H11ClO5/c1-18-15(17)10-6-5-9(7-11(10)16)21-13-4-2-3-12-14(13)20-8-19-12/h2-7H,8H2,1H3. The largest absolute Gasteiger partial charge is 0.465 e. The van der Waals surface area contributed by atoms with E-state index in [9.17, 15) is 4.79 Å². The summed E-state index contributed by atoms with van der Waals surface area (Å²) in [5.41, 5.74) is 0.282. The van der Waals surface area contributed by atoms with Crippen LogP contribution in [0.25, 0.3) is 0 Å². The van der Waals surface area contributed by atoms with Gasteiger partial charge in [-0.25, -0.2) is 4.79 Å². The van der Waals surface area contributed by atoms with Crippen LogP contribution in [0.3, 0.4) is 0 Å². The van der Waals surface area contributed by atoms with Crippen LogP contribution in [0.4, 0.5) is 0 Å². The van der Waals surface area contributed by atoms with Gasteiger partial charge in [0.1, 0.15) is 5.75 Å². The van der Waals surface area contributed by atoms with Gasteiger partial charge in [0.2, 0.25) is 12.5 Å². The highest BCUT2D eigenvalue weighted by Gasteiger charge is 2.19. The van der Waals surface area contributed by atoms with Crippen LogP contribution in [0.1, 0.15) is 10.4 Å². The Morgan fingerprint density at radius 3 is 2.86 bits per heavy atom. The third-order valence-corrected chi connectivity index (χ3v) is 3.25. The SMILES string of the molecule is COC(=O)c1ccc(Oc2cccc3c2OCO3)cc1Cl. The summed E-state index contributed by atoms with van der Waals surface area (Å²) in [5.74, 6) is 1.68. The summed E-state index contributed by atoms with van der Waals surface area (Å²) < 4.78 is 21.0. The molecule has 0 amide bonds. The highest BCUT2D eigenvalue weighted by molar-refractivity contribution is 6.33. The Kier molecular flexibility index (Phi) is 3.58. The number of benzene rings is 2. The van der Waals surface area contributed by atoms with Crippen molar-refractivity contribution in [3.63, 3.8) is 0 Å². The second kappa shape index (κ2) is 5.54. The maximum atomic E-state index is 11.5. The van der Waals surface area contributed by atoms with Crippen molar-refractivity contribution in [2.24, 2.45) is 0 Å². The minimum absolute atomic E-state index is 0.164. The fourth-order valence-corrected chi connectivity index (χ4v) is 2.19. The van der Waals surface area contributed by atoms with E-state index in [0.717, 1.165) is 0 Å². The van der Waals surface area contributed by atoms with Gasteiger partial charge in [-0.1, -0.05) is 17.7 Å². The Morgan fingerprint density at radius 1 is 1.24 bits per heavy atom. The summed E-state index contributed by atoms with van der Waals surface area (Å²) in [6, 6.07) is 10.1. The van der Waals surface area contributed by atoms with E-state index >= 15 is 0 Å². The van der Waals surface area contributed by atoms with Crippen LogP contribution in [0.5, 0.6) is 23.0 Å². The molecule has 0 N–H and O–H groups in total. The van der Waals surface area contributed by atoms with Crippen molar-refractivity contribution in [1.29, 1.82) is 0 Å². The van der Waals surface area contributed by atoms with Gasteiger partial charge in [-0.3, -0.25) is 0 Å². The number of hydrogen-bond acceptors (Lipinski definition) is 5. The second-order valence-corrected chi connectivity index (χ2v) is 4.63. The van der Waals surface area contributed by atoms with Crippen LogP contribution in [-0.4, -0.2) is 19.9 Å². The lowest BCUT2D eigenvalue weighted by Crippen LogP contribution is -2.02. The van der Waals surface area contributed by atoms with Gasteiger partial charge >= 0.3 is 5.97 Å². The van der Waals surface area contributed by atoms with E-state index in [1.807, 2.05) is 0 Å². The molecule has 0 saturated heterocycles. The van der Waals surface area contributed by atoms with Gasteiger partial charge in [-0.2, -0.15) is 0 Å². The van der Waals surface area contributed by atoms with E-state index in [1.54, 1.807) is 36.4 Å². The molecule has 2 aromatic carbocycles. The van der Waals surface area contributed by atoms with Crippen molar-refractivity contribution in [3.05, 3.63) is 47.0 Å². The molecule has 0 bridgehead atoms. The third-order valence-electron chi connectivity index (χ3n) is 2.93. The normalized spacial score (nSPS) is 12.1. The lowest BCUT2D eigenvalue weighted by molar-refractivity contribution is 0.0601. The predicted octanol–water partition coefficient (Wildman–Crippen LogP) is 3.65. The van der Waals surface area contributed by atoms with Crippen molar-refractivity contribution in [1.82, 2.24) is 0 Å². The number of hydrogen-bond donors (Lipinski definition) is 0. The predicted molar refractivity (Wildman–Crippen MR) is 75.4 cm³/mol. The summed E-state index contributed by atoms with van der Waals surface area (Å²) in [6.07, 6.45) is 0. The number of methoxy groups -OCH3 is 1. The maximum Gasteiger partial charge on any atom is 0.339 e. The molecule has 0 unspecified atom stereocenters. The van der Waals surface area contributed by atoms with Gasteiger partial charge in [0.15, 0.2) is 11.5 Å². The molecule has 108 valence electrons. The van der Waals surface area contributed by atoms with Crippen molar-refractivity contribution in [2.45, 2.75) is 0 Å². The second-order valence-electron chi connectivity index (χ2n) is 4.23. The van der Waals surface area contributed by atoms with Crippen LogP contribution >= 0.6 is 11.6 Å². The lowest BCUT2D eigenvalue weighted by Gasteiger charge is -2.09. The minimum Gasteiger partial charge on any atom is -0.465 e. The fraction of sp³-hybridized carbons (Fsp3) is 0.133. The maximum absolute atomic E-state index is 11.5. The molecule has 0 aromatic heterocycles. The molecule has 5 nitrogen and oxygen atoms in total. The molecule has 0 saturated carbocycles. The Morgan fingerprint density at radius 2 is 2.10 bits per heavy atom. The summed E-state index contributed by atoms with van der Waals surface area (Å²) in [5, 5.41) is 0.254. The van der Waals surface area contributed by atoms with E-state index in [4.69, 9.17) is 25.8 Å². The summed E-state index contributed by atoms with van der Waals surface area (Å²) in [4.78, 5) is 11.5. The molecule has 1 heterocycles. The molecular weight excluding hydrogens is 296 g/mol. The van der Waals surface area contributed by atoms with Crippen molar-refractivity contribution in [2.75, 3.05) is 13.9 Å². The van der Waals surface area contributed by atoms with Crippen LogP contribution in [0.15, 0.2) is 36.4 Å². The monoisotopic (exact) mass is 306 g/mol. The first kappa shape index (κ1) is 13.6. The fourth-order valence-electron chi connectivity index (χ4n) is 1.95. The number of carbonyl (C=O) groups excluding carboxylic acids is 1. The smallest absolute Gasteiger partial charge is 0.339 e. The van der Waals surface area contributed by atoms with Gasteiger partial charge < -0.3 is 18.9 Å². The molecule has 1 aliphatic rings. The Bertz CT molecular complexity index is 698. The van der Waals surface area contributed by atoms with Crippen LogP contribution in [0, 0.1) is 0 Å². The summed E-state index contributed by atoms with van der Waals surface area (Å²) in [6.45, 7) is 0.164. The molecular formula is C15H11ClO5. The van der Waals surface area contributed by atoms with Crippen LogP contribution in [0.2, 0.25) is 5.02 Å². The first-order valence-electron chi connectivity index (χ1n) is 6.13. The van der Waals surface area contributed by atoms with Gasteiger partial charge in [0.05, 0.1) is 17.7 Å². The zero-order chi connectivity index (χ0) is 14.8. The average molecular weight is 307 g/mol. The third kappa shape index (κ3) is 2.60. The lowest BCUT2D eigenvalue weighted by atomic mass is 10.2. The van der Waals surface area contributed by atoms with E-state index in [-0.39, 0.29) is 17.4 Å².